The highest BCUT2D eigenvalue weighted by atomic mass is 16.5. The quantitative estimate of drug-likeness (QED) is 0.821. The minimum atomic E-state index is -0.212. The largest absolute Gasteiger partial charge is 0.469 e. The van der Waals surface area contributed by atoms with Crippen LogP contribution in [0.1, 0.15) is 56.7 Å². The molecule has 5 rings (SSSR count). The summed E-state index contributed by atoms with van der Waals surface area (Å²) >= 11 is 0. The number of nitrogens with one attached hydrogen (secondary N) is 1. The molecular formula is C22H28N2O2. The standard InChI is InChI=1S/C22H28N2O2/c1-3-16-4-7-19-17(14-16)5-6-18(24-19)15-23-22-11-8-21(9-12-22,10-13-22)20(25)26-2/h4-7,14,23H,3,8-13,15H2,1-2H3. The summed E-state index contributed by atoms with van der Waals surface area (Å²) in [6.45, 7) is 2.96. The van der Waals surface area contributed by atoms with Gasteiger partial charge in [0.05, 0.1) is 23.7 Å². The zero-order valence-corrected chi connectivity index (χ0v) is 15.8. The molecule has 4 nitrogen and oxygen atoms in total. The van der Waals surface area contributed by atoms with Crippen molar-refractivity contribution in [3.05, 3.63) is 41.6 Å². The number of aryl methyl sites for hydroxylation is 1. The summed E-state index contributed by atoms with van der Waals surface area (Å²) in [5, 5.41) is 5.00. The van der Waals surface area contributed by atoms with Crippen molar-refractivity contribution in [1.82, 2.24) is 10.3 Å². The number of esters is 1. The molecule has 0 aliphatic heterocycles. The SMILES string of the molecule is CCc1ccc2nc(CNC34CCC(C(=O)OC)(CC3)CC4)ccc2c1. The van der Waals surface area contributed by atoms with Crippen LogP contribution in [-0.2, 0) is 22.5 Å². The number of carbonyl (C=O) groups is 1. The van der Waals surface area contributed by atoms with Crippen LogP contribution in [-0.4, -0.2) is 23.6 Å². The second kappa shape index (κ2) is 6.66. The molecule has 0 atom stereocenters. The number of aromatic nitrogens is 1. The van der Waals surface area contributed by atoms with E-state index in [2.05, 4.69) is 42.6 Å². The van der Waals surface area contributed by atoms with Crippen LogP contribution in [0.2, 0.25) is 0 Å². The Kier molecular flexibility index (Phi) is 4.47. The van der Waals surface area contributed by atoms with Gasteiger partial charge in [-0.3, -0.25) is 9.78 Å². The Hall–Kier alpha value is -1.94. The Morgan fingerprint density at radius 1 is 1.12 bits per heavy atom. The van der Waals surface area contributed by atoms with E-state index in [1.54, 1.807) is 0 Å². The van der Waals surface area contributed by atoms with E-state index in [0.717, 1.165) is 62.7 Å². The lowest BCUT2D eigenvalue weighted by Crippen LogP contribution is -2.56. The third-order valence-electron chi connectivity index (χ3n) is 6.73. The zero-order chi connectivity index (χ0) is 18.2. The van der Waals surface area contributed by atoms with Gasteiger partial charge in [0.2, 0.25) is 0 Å². The molecule has 1 heterocycles. The fourth-order valence-corrected chi connectivity index (χ4v) is 4.79. The number of carbonyl (C=O) groups excluding carboxylic acids is 1. The van der Waals surface area contributed by atoms with E-state index >= 15 is 0 Å². The summed E-state index contributed by atoms with van der Waals surface area (Å²) in [6.07, 6.45) is 7.03. The summed E-state index contributed by atoms with van der Waals surface area (Å²) in [5.41, 5.74) is 3.46. The molecular weight excluding hydrogens is 324 g/mol. The van der Waals surface area contributed by atoms with Crippen molar-refractivity contribution in [3.63, 3.8) is 0 Å². The number of rotatable bonds is 5. The van der Waals surface area contributed by atoms with Gasteiger partial charge in [0.15, 0.2) is 0 Å². The van der Waals surface area contributed by atoms with Crippen LogP contribution in [0, 0.1) is 5.41 Å². The van der Waals surface area contributed by atoms with E-state index in [9.17, 15) is 4.79 Å². The van der Waals surface area contributed by atoms with Crippen LogP contribution in [0.3, 0.4) is 0 Å². The summed E-state index contributed by atoms with van der Waals surface area (Å²) < 4.78 is 5.06. The Balaban J connectivity index is 1.43. The molecule has 0 unspecified atom stereocenters. The number of methoxy groups -OCH3 is 1. The number of fused-ring (bicyclic) bond motifs is 4. The van der Waals surface area contributed by atoms with Crippen molar-refractivity contribution in [3.8, 4) is 0 Å². The summed E-state index contributed by atoms with van der Waals surface area (Å²) in [6, 6.07) is 10.8. The second-order valence-electron chi connectivity index (χ2n) is 8.09. The maximum absolute atomic E-state index is 12.1. The molecule has 1 aromatic heterocycles. The lowest BCUT2D eigenvalue weighted by molar-refractivity contribution is -0.160. The smallest absolute Gasteiger partial charge is 0.311 e. The lowest BCUT2D eigenvalue weighted by atomic mass is 9.57. The van der Waals surface area contributed by atoms with Crippen LogP contribution >= 0.6 is 0 Å². The van der Waals surface area contributed by atoms with Crippen molar-refractivity contribution in [2.75, 3.05) is 7.11 Å². The molecule has 0 radical (unpaired) electrons. The third kappa shape index (κ3) is 3.01. The van der Waals surface area contributed by atoms with Gasteiger partial charge < -0.3 is 10.1 Å². The van der Waals surface area contributed by atoms with Crippen LogP contribution in [0.15, 0.2) is 30.3 Å². The zero-order valence-electron chi connectivity index (χ0n) is 15.8. The van der Waals surface area contributed by atoms with Crippen molar-refractivity contribution in [2.45, 2.75) is 64.0 Å². The van der Waals surface area contributed by atoms with Crippen molar-refractivity contribution >= 4 is 16.9 Å². The van der Waals surface area contributed by atoms with Crippen LogP contribution in [0.4, 0.5) is 0 Å². The normalized spacial score (nSPS) is 27.6. The van der Waals surface area contributed by atoms with Gasteiger partial charge in [-0.2, -0.15) is 0 Å². The maximum Gasteiger partial charge on any atom is 0.311 e. The Labute approximate surface area is 155 Å². The van der Waals surface area contributed by atoms with Gasteiger partial charge in [-0.1, -0.05) is 19.1 Å². The minimum Gasteiger partial charge on any atom is -0.469 e. The molecule has 1 aromatic carbocycles. The fourth-order valence-electron chi connectivity index (χ4n) is 4.79. The van der Waals surface area contributed by atoms with Gasteiger partial charge in [0, 0.05) is 17.5 Å². The molecule has 3 aliphatic carbocycles. The summed E-state index contributed by atoms with van der Waals surface area (Å²) in [7, 11) is 1.51. The highest BCUT2D eigenvalue weighted by molar-refractivity contribution is 5.79. The average molecular weight is 352 g/mol. The maximum atomic E-state index is 12.1. The van der Waals surface area contributed by atoms with Crippen molar-refractivity contribution in [2.24, 2.45) is 5.41 Å². The molecule has 26 heavy (non-hydrogen) atoms. The fraction of sp³-hybridized carbons (Fsp3) is 0.545. The highest BCUT2D eigenvalue weighted by Crippen LogP contribution is 2.52. The first kappa shape index (κ1) is 17.5. The van der Waals surface area contributed by atoms with E-state index in [1.807, 2.05) is 0 Å². The third-order valence-corrected chi connectivity index (χ3v) is 6.73. The predicted molar refractivity (Wildman–Crippen MR) is 103 cm³/mol. The molecule has 2 aromatic rings. The number of pyridine rings is 1. The summed E-state index contributed by atoms with van der Waals surface area (Å²) in [4.78, 5) is 17.0. The Bertz CT molecular complexity index is 805. The number of ether oxygens (including phenoxy) is 1. The molecule has 1 N–H and O–H groups in total. The molecule has 3 aliphatic rings. The highest BCUT2D eigenvalue weighted by Gasteiger charge is 2.52. The second-order valence-corrected chi connectivity index (χ2v) is 8.09. The topological polar surface area (TPSA) is 51.2 Å². The van der Waals surface area contributed by atoms with E-state index in [4.69, 9.17) is 9.72 Å². The molecule has 3 fully saturated rings. The first-order valence-corrected chi connectivity index (χ1v) is 9.80. The van der Waals surface area contributed by atoms with Gasteiger partial charge in [0.1, 0.15) is 0 Å². The molecule has 4 heteroatoms. The van der Waals surface area contributed by atoms with E-state index in [-0.39, 0.29) is 16.9 Å². The Morgan fingerprint density at radius 3 is 2.50 bits per heavy atom. The van der Waals surface area contributed by atoms with Gasteiger partial charge in [-0.05, 0) is 68.7 Å². The number of nitrogens with zero attached hydrogens (tertiary/aromatic N) is 1. The average Bonchev–Trinajstić information content (AvgIpc) is 2.72. The minimum absolute atomic E-state index is 0.00607. The number of hydrogen-bond acceptors (Lipinski definition) is 4. The predicted octanol–water partition coefficient (Wildman–Crippen LogP) is 4.15. The van der Waals surface area contributed by atoms with Crippen LogP contribution in [0.25, 0.3) is 10.9 Å². The number of benzene rings is 1. The molecule has 2 bridgehead atoms. The van der Waals surface area contributed by atoms with E-state index in [0.29, 0.717) is 0 Å². The van der Waals surface area contributed by atoms with Gasteiger partial charge >= 0.3 is 5.97 Å². The molecule has 0 spiro atoms. The van der Waals surface area contributed by atoms with Crippen LogP contribution in [0.5, 0.6) is 0 Å². The van der Waals surface area contributed by atoms with E-state index < -0.39 is 0 Å². The lowest BCUT2D eigenvalue weighted by Gasteiger charge is -2.52. The van der Waals surface area contributed by atoms with Crippen molar-refractivity contribution < 1.29 is 9.53 Å². The van der Waals surface area contributed by atoms with Crippen molar-refractivity contribution in [1.29, 1.82) is 0 Å². The number of hydrogen-bond donors (Lipinski definition) is 1. The van der Waals surface area contributed by atoms with Crippen LogP contribution < -0.4 is 5.32 Å². The first-order chi connectivity index (χ1) is 12.6. The monoisotopic (exact) mass is 352 g/mol. The molecule has 138 valence electrons. The molecule has 0 saturated heterocycles. The Morgan fingerprint density at radius 2 is 1.85 bits per heavy atom. The molecule has 0 amide bonds. The van der Waals surface area contributed by atoms with E-state index in [1.165, 1.54) is 18.1 Å². The van der Waals surface area contributed by atoms with Gasteiger partial charge in [0.25, 0.3) is 0 Å². The first-order valence-electron chi connectivity index (χ1n) is 9.80. The summed E-state index contributed by atoms with van der Waals surface area (Å²) in [5.74, 6) is -0.00607. The van der Waals surface area contributed by atoms with Gasteiger partial charge in [-0.15, -0.1) is 0 Å². The molecule has 3 saturated carbocycles. The van der Waals surface area contributed by atoms with Gasteiger partial charge in [-0.25, -0.2) is 0 Å².